The van der Waals surface area contributed by atoms with E-state index < -0.39 is 0 Å². The van der Waals surface area contributed by atoms with Gasteiger partial charge in [-0.3, -0.25) is 4.79 Å². The molecule has 0 unspecified atom stereocenters. The van der Waals surface area contributed by atoms with Crippen LogP contribution in [0.4, 0.5) is 0 Å². The number of nitrogens with one attached hydrogen (secondary N) is 1. The first-order valence-electron chi connectivity index (χ1n) is 3.60. The minimum absolute atomic E-state index is 0.00154. The highest BCUT2D eigenvalue weighted by Crippen LogP contribution is 1.92. The molecule has 0 bridgehead atoms. The molecule has 0 saturated heterocycles. The fourth-order valence-corrected chi connectivity index (χ4v) is 0.952. The van der Waals surface area contributed by atoms with Crippen molar-refractivity contribution in [3.8, 4) is 0 Å². The van der Waals surface area contributed by atoms with Crippen molar-refractivity contribution < 1.29 is 9.53 Å². The van der Waals surface area contributed by atoms with Crippen LogP contribution in [0.25, 0.3) is 0 Å². The molecule has 12 heavy (non-hydrogen) atoms. The van der Waals surface area contributed by atoms with E-state index in [-0.39, 0.29) is 5.91 Å². The summed E-state index contributed by atoms with van der Waals surface area (Å²) < 4.78 is 4.79. The lowest BCUT2D eigenvalue weighted by Gasteiger charge is -2.03. The third-order valence-electron chi connectivity index (χ3n) is 1.23. The minimum atomic E-state index is -0.00154. The number of methoxy groups -OCH3 is 1. The van der Waals surface area contributed by atoms with E-state index in [1.54, 1.807) is 7.11 Å². The second-order valence-corrected chi connectivity index (χ2v) is 3.18. The molecule has 0 fully saturated rings. The first kappa shape index (κ1) is 11.8. The quantitative estimate of drug-likeness (QED) is 0.456. The van der Waals surface area contributed by atoms with Crippen LogP contribution >= 0.6 is 28.1 Å². The Morgan fingerprint density at radius 3 is 2.83 bits per heavy atom. The minimum Gasteiger partial charge on any atom is -0.490 e. The number of rotatable bonds is 5. The summed E-state index contributed by atoms with van der Waals surface area (Å²) in [7, 11) is 1.55. The molecule has 0 rings (SSSR count). The molecule has 0 aromatic carbocycles. The summed E-state index contributed by atoms with van der Waals surface area (Å²) in [6.07, 6.45) is 1.54. The van der Waals surface area contributed by atoms with Crippen LogP contribution in [-0.2, 0) is 9.53 Å². The van der Waals surface area contributed by atoms with Gasteiger partial charge in [0.2, 0.25) is 5.91 Å². The first-order valence-corrected chi connectivity index (χ1v) is 5.13. The number of alkyl halides is 1. The van der Waals surface area contributed by atoms with Gasteiger partial charge in [0.1, 0.15) is 0 Å². The van der Waals surface area contributed by atoms with E-state index in [1.165, 1.54) is 0 Å². The number of hydrogen-bond acceptors (Lipinski definition) is 3. The molecule has 0 aromatic rings. The molecular weight excluding hydrogens is 242 g/mol. The monoisotopic (exact) mass is 253 g/mol. The van der Waals surface area contributed by atoms with Gasteiger partial charge in [-0.15, -0.1) is 0 Å². The normalized spacial score (nSPS) is 9.17. The molecular formula is C7H12BrNO2S. The molecule has 0 spiro atoms. The zero-order valence-electron chi connectivity index (χ0n) is 6.93. The van der Waals surface area contributed by atoms with Crippen molar-refractivity contribution in [2.45, 2.75) is 12.8 Å². The van der Waals surface area contributed by atoms with Gasteiger partial charge in [0.25, 0.3) is 0 Å². The average molecular weight is 254 g/mol. The Bertz CT molecular complexity index is 145. The first-order chi connectivity index (χ1) is 5.70. The predicted molar refractivity (Wildman–Crippen MR) is 55.6 cm³/mol. The lowest BCUT2D eigenvalue weighted by molar-refractivity contribution is -0.118. The van der Waals surface area contributed by atoms with Crippen LogP contribution in [0, 0.1) is 0 Å². The summed E-state index contributed by atoms with van der Waals surface area (Å²) >= 11 is 7.87. The van der Waals surface area contributed by atoms with Crippen molar-refractivity contribution in [3.05, 3.63) is 0 Å². The topological polar surface area (TPSA) is 38.3 Å². The second-order valence-electron chi connectivity index (χ2n) is 2.16. The molecule has 0 atom stereocenters. The van der Waals surface area contributed by atoms with Gasteiger partial charge in [-0.1, -0.05) is 15.9 Å². The zero-order valence-corrected chi connectivity index (χ0v) is 9.33. The Kier molecular flexibility index (Phi) is 7.39. The molecule has 0 aromatic heterocycles. The standard InChI is InChI=1S/C7H12BrNO2S/c1-11-7(12)3-2-4-9-6(10)5-8/h2-5H2,1H3,(H,9,10). The van der Waals surface area contributed by atoms with Gasteiger partial charge in [-0.05, 0) is 18.6 Å². The molecule has 0 radical (unpaired) electrons. The molecule has 1 amide bonds. The van der Waals surface area contributed by atoms with Gasteiger partial charge in [-0.2, -0.15) is 0 Å². The van der Waals surface area contributed by atoms with Crippen LogP contribution in [0.2, 0.25) is 0 Å². The van der Waals surface area contributed by atoms with E-state index in [0.29, 0.717) is 23.3 Å². The predicted octanol–water partition coefficient (Wildman–Crippen LogP) is 1.25. The number of carbonyl (C=O) groups is 1. The fourth-order valence-electron chi connectivity index (χ4n) is 0.610. The summed E-state index contributed by atoms with van der Waals surface area (Å²) in [4.78, 5) is 10.7. The Balaban J connectivity index is 3.21. The molecule has 1 N–H and O–H groups in total. The van der Waals surface area contributed by atoms with E-state index in [1.807, 2.05) is 0 Å². The van der Waals surface area contributed by atoms with E-state index in [0.717, 1.165) is 6.42 Å². The maximum Gasteiger partial charge on any atom is 0.230 e. The highest BCUT2D eigenvalue weighted by Gasteiger charge is 1.97. The summed E-state index contributed by atoms with van der Waals surface area (Å²) in [5, 5.41) is 3.65. The highest BCUT2D eigenvalue weighted by molar-refractivity contribution is 9.09. The van der Waals surface area contributed by atoms with Crippen molar-refractivity contribution in [2.24, 2.45) is 0 Å². The largest absolute Gasteiger partial charge is 0.490 e. The lowest BCUT2D eigenvalue weighted by Crippen LogP contribution is -2.25. The molecule has 0 aliphatic carbocycles. The Labute approximate surface area is 86.0 Å². The number of thiocarbonyl (C=S) groups is 1. The van der Waals surface area contributed by atoms with Crippen LogP contribution in [0.1, 0.15) is 12.8 Å². The number of ether oxygens (including phenoxy) is 1. The Morgan fingerprint density at radius 1 is 1.67 bits per heavy atom. The number of amides is 1. The maximum atomic E-state index is 10.7. The summed E-state index contributed by atoms with van der Waals surface area (Å²) in [6, 6.07) is 0. The van der Waals surface area contributed by atoms with E-state index >= 15 is 0 Å². The van der Waals surface area contributed by atoms with Gasteiger partial charge in [0.15, 0.2) is 5.05 Å². The van der Waals surface area contributed by atoms with Crippen LogP contribution in [0.3, 0.4) is 0 Å². The zero-order chi connectivity index (χ0) is 9.40. The lowest BCUT2D eigenvalue weighted by atomic mass is 10.3. The van der Waals surface area contributed by atoms with Crippen LogP contribution in [0.5, 0.6) is 0 Å². The molecule has 0 heterocycles. The molecule has 70 valence electrons. The van der Waals surface area contributed by atoms with Crippen molar-refractivity contribution in [3.63, 3.8) is 0 Å². The second kappa shape index (κ2) is 7.49. The average Bonchev–Trinajstić information content (AvgIpc) is 2.11. The van der Waals surface area contributed by atoms with Gasteiger partial charge in [0, 0.05) is 13.0 Å². The maximum absolute atomic E-state index is 10.7. The molecule has 0 saturated carbocycles. The molecule has 0 aliphatic rings. The van der Waals surface area contributed by atoms with Crippen molar-refractivity contribution in [1.29, 1.82) is 0 Å². The number of carbonyl (C=O) groups excluding carboxylic acids is 1. The molecule has 0 aliphatic heterocycles. The summed E-state index contributed by atoms with van der Waals surface area (Å²) in [6.45, 7) is 0.647. The smallest absolute Gasteiger partial charge is 0.230 e. The third kappa shape index (κ3) is 6.54. The van der Waals surface area contributed by atoms with Crippen molar-refractivity contribution in [1.82, 2.24) is 5.32 Å². The Hall–Kier alpha value is -0.160. The van der Waals surface area contributed by atoms with Crippen LogP contribution in [0.15, 0.2) is 0 Å². The highest BCUT2D eigenvalue weighted by atomic mass is 79.9. The summed E-state index contributed by atoms with van der Waals surface area (Å²) in [5.74, 6) is -0.00154. The number of hydrogen-bond donors (Lipinski definition) is 1. The number of halogens is 1. The van der Waals surface area contributed by atoms with Crippen molar-refractivity contribution >= 4 is 39.1 Å². The molecule has 5 heteroatoms. The third-order valence-corrected chi connectivity index (χ3v) is 2.11. The van der Waals surface area contributed by atoms with Crippen LogP contribution < -0.4 is 5.32 Å². The molecule has 3 nitrogen and oxygen atoms in total. The van der Waals surface area contributed by atoms with Gasteiger partial charge >= 0.3 is 0 Å². The SMILES string of the molecule is COC(=S)CCCNC(=O)CBr. The van der Waals surface area contributed by atoms with Gasteiger partial charge in [0.05, 0.1) is 12.4 Å². The van der Waals surface area contributed by atoms with E-state index in [2.05, 4.69) is 21.2 Å². The van der Waals surface area contributed by atoms with E-state index in [4.69, 9.17) is 17.0 Å². The van der Waals surface area contributed by atoms with E-state index in [9.17, 15) is 4.79 Å². The van der Waals surface area contributed by atoms with Crippen molar-refractivity contribution in [2.75, 3.05) is 19.0 Å². The fraction of sp³-hybridized carbons (Fsp3) is 0.714. The van der Waals surface area contributed by atoms with Gasteiger partial charge < -0.3 is 10.1 Å². The Morgan fingerprint density at radius 2 is 2.33 bits per heavy atom. The van der Waals surface area contributed by atoms with Gasteiger partial charge in [-0.25, -0.2) is 0 Å². The summed E-state index contributed by atoms with van der Waals surface area (Å²) in [5.41, 5.74) is 0. The van der Waals surface area contributed by atoms with Crippen LogP contribution in [-0.4, -0.2) is 29.9 Å².